The van der Waals surface area contributed by atoms with Crippen molar-refractivity contribution in [2.45, 2.75) is 20.0 Å². The maximum absolute atomic E-state index is 12.8. The van der Waals surface area contributed by atoms with Crippen molar-refractivity contribution in [1.82, 2.24) is 0 Å². The van der Waals surface area contributed by atoms with Gasteiger partial charge in [-0.25, -0.2) is 0 Å². The lowest BCUT2D eigenvalue weighted by Crippen LogP contribution is -2.08. The van der Waals surface area contributed by atoms with Crippen LogP contribution >= 0.6 is 0 Å². The number of nitrogens with two attached hydrogens (primary N) is 1. The zero-order chi connectivity index (χ0) is 14.9. The zero-order valence-corrected chi connectivity index (χ0v) is 11.2. The Hall–Kier alpha value is -2.17. The first kappa shape index (κ1) is 14.2. The fourth-order valence-corrected chi connectivity index (χ4v) is 1.96. The van der Waals surface area contributed by atoms with Crippen LogP contribution in [0.1, 0.15) is 16.7 Å². The summed E-state index contributed by atoms with van der Waals surface area (Å²) in [5.74, 6) is 0. The summed E-state index contributed by atoms with van der Waals surface area (Å²) >= 11 is 0. The van der Waals surface area contributed by atoms with E-state index in [2.05, 4.69) is 5.32 Å². The van der Waals surface area contributed by atoms with E-state index in [9.17, 15) is 13.2 Å². The molecule has 0 aliphatic rings. The molecule has 0 bridgehead atoms. The first-order valence-electron chi connectivity index (χ1n) is 6.08. The Morgan fingerprint density at radius 1 is 1.00 bits per heavy atom. The number of anilines is 3. The van der Waals surface area contributed by atoms with Crippen LogP contribution in [0.2, 0.25) is 0 Å². The van der Waals surface area contributed by atoms with Crippen LogP contribution in [0.25, 0.3) is 0 Å². The average Bonchev–Trinajstić information content (AvgIpc) is 2.33. The molecule has 0 aromatic heterocycles. The predicted octanol–water partition coefficient (Wildman–Crippen LogP) is 4.65. The van der Waals surface area contributed by atoms with Crippen molar-refractivity contribution in [2.24, 2.45) is 0 Å². The second-order valence-corrected chi connectivity index (χ2v) is 4.74. The summed E-state index contributed by atoms with van der Waals surface area (Å²) in [5, 5.41) is 2.91. The smallest absolute Gasteiger partial charge is 0.397 e. The van der Waals surface area contributed by atoms with Gasteiger partial charge in [-0.3, -0.25) is 0 Å². The highest BCUT2D eigenvalue weighted by molar-refractivity contribution is 5.73. The van der Waals surface area contributed by atoms with Gasteiger partial charge in [-0.2, -0.15) is 13.2 Å². The molecule has 0 fully saturated rings. The molecule has 5 heteroatoms. The van der Waals surface area contributed by atoms with Gasteiger partial charge < -0.3 is 11.1 Å². The van der Waals surface area contributed by atoms with Crippen LogP contribution in [0.3, 0.4) is 0 Å². The second-order valence-electron chi connectivity index (χ2n) is 4.74. The molecule has 0 saturated carbocycles. The molecular weight excluding hydrogens is 265 g/mol. The predicted molar refractivity (Wildman–Crippen MR) is 75.1 cm³/mol. The van der Waals surface area contributed by atoms with Crippen molar-refractivity contribution in [3.05, 3.63) is 53.1 Å². The first-order chi connectivity index (χ1) is 9.27. The number of nitrogen functional groups attached to an aromatic ring is 1. The van der Waals surface area contributed by atoms with E-state index in [4.69, 9.17) is 5.73 Å². The molecule has 106 valence electrons. The van der Waals surface area contributed by atoms with E-state index >= 15 is 0 Å². The Kier molecular flexibility index (Phi) is 3.61. The lowest BCUT2D eigenvalue weighted by Gasteiger charge is -2.14. The number of halogens is 3. The fourth-order valence-electron chi connectivity index (χ4n) is 1.96. The van der Waals surface area contributed by atoms with Crippen molar-refractivity contribution in [1.29, 1.82) is 0 Å². The summed E-state index contributed by atoms with van der Waals surface area (Å²) in [6, 6.07) is 9.49. The Balaban J connectivity index is 2.35. The molecule has 2 rings (SSSR count). The summed E-state index contributed by atoms with van der Waals surface area (Å²) in [6.07, 6.45) is -4.36. The van der Waals surface area contributed by atoms with Crippen LogP contribution in [0, 0.1) is 13.8 Å². The third-order valence-corrected chi connectivity index (χ3v) is 3.03. The van der Waals surface area contributed by atoms with E-state index in [1.807, 2.05) is 13.0 Å². The highest BCUT2D eigenvalue weighted by Gasteiger charge is 2.32. The molecule has 0 spiro atoms. The average molecular weight is 280 g/mol. The van der Waals surface area contributed by atoms with E-state index in [0.29, 0.717) is 17.1 Å². The van der Waals surface area contributed by atoms with Gasteiger partial charge in [0.2, 0.25) is 0 Å². The van der Waals surface area contributed by atoms with Crippen LogP contribution in [0.15, 0.2) is 36.4 Å². The van der Waals surface area contributed by atoms with Gasteiger partial charge in [-0.15, -0.1) is 0 Å². The summed E-state index contributed by atoms with van der Waals surface area (Å²) in [4.78, 5) is 0. The maximum Gasteiger partial charge on any atom is 0.416 e. The SMILES string of the molecule is Cc1ccc(Nc2ccc(C)c(C(F)(F)F)c2)c(N)c1. The third kappa shape index (κ3) is 3.04. The molecule has 0 heterocycles. The third-order valence-electron chi connectivity index (χ3n) is 3.03. The standard InChI is InChI=1S/C15H15F3N2/c1-9-3-6-14(13(19)7-9)20-11-5-4-10(2)12(8-11)15(16,17)18/h3-8,20H,19H2,1-2H3. The van der Waals surface area contributed by atoms with Gasteiger partial charge in [0, 0.05) is 5.69 Å². The van der Waals surface area contributed by atoms with Crippen molar-refractivity contribution < 1.29 is 13.2 Å². The van der Waals surface area contributed by atoms with Crippen LogP contribution in [-0.4, -0.2) is 0 Å². The van der Waals surface area contributed by atoms with E-state index in [-0.39, 0.29) is 5.56 Å². The van der Waals surface area contributed by atoms with Gasteiger partial charge in [0.25, 0.3) is 0 Å². The summed E-state index contributed by atoms with van der Waals surface area (Å²) < 4.78 is 38.5. The Morgan fingerprint density at radius 2 is 1.70 bits per heavy atom. The maximum atomic E-state index is 12.8. The number of rotatable bonds is 2. The topological polar surface area (TPSA) is 38.0 Å². The number of hydrogen-bond acceptors (Lipinski definition) is 2. The summed E-state index contributed by atoms with van der Waals surface area (Å²) in [5.41, 5.74) is 7.83. The van der Waals surface area contributed by atoms with Gasteiger partial charge in [-0.05, 0) is 49.2 Å². The van der Waals surface area contributed by atoms with E-state index in [1.54, 1.807) is 18.2 Å². The van der Waals surface area contributed by atoms with Gasteiger partial charge >= 0.3 is 6.18 Å². The summed E-state index contributed by atoms with van der Waals surface area (Å²) in [6.45, 7) is 3.33. The Bertz CT molecular complexity index is 634. The quantitative estimate of drug-likeness (QED) is 0.786. The lowest BCUT2D eigenvalue weighted by atomic mass is 10.1. The van der Waals surface area contributed by atoms with E-state index < -0.39 is 11.7 Å². The Labute approximate surface area is 115 Å². The molecule has 2 aromatic carbocycles. The van der Waals surface area contributed by atoms with Crippen molar-refractivity contribution in [3.63, 3.8) is 0 Å². The zero-order valence-electron chi connectivity index (χ0n) is 11.2. The van der Waals surface area contributed by atoms with Crippen molar-refractivity contribution >= 4 is 17.1 Å². The molecule has 2 aromatic rings. The lowest BCUT2D eigenvalue weighted by molar-refractivity contribution is -0.138. The molecular formula is C15H15F3N2. The van der Waals surface area contributed by atoms with Crippen LogP contribution < -0.4 is 11.1 Å². The minimum Gasteiger partial charge on any atom is -0.397 e. The van der Waals surface area contributed by atoms with Gasteiger partial charge in [-0.1, -0.05) is 12.1 Å². The molecule has 3 N–H and O–H groups in total. The first-order valence-corrected chi connectivity index (χ1v) is 6.08. The van der Waals surface area contributed by atoms with Crippen molar-refractivity contribution in [2.75, 3.05) is 11.1 Å². The minimum atomic E-state index is -4.36. The molecule has 0 unspecified atom stereocenters. The molecule has 0 radical (unpaired) electrons. The molecule has 2 nitrogen and oxygen atoms in total. The fraction of sp³-hybridized carbons (Fsp3) is 0.200. The number of hydrogen-bond donors (Lipinski definition) is 2. The monoisotopic (exact) mass is 280 g/mol. The number of alkyl halides is 3. The Morgan fingerprint density at radius 3 is 2.30 bits per heavy atom. The molecule has 0 aliphatic heterocycles. The highest BCUT2D eigenvalue weighted by Crippen LogP contribution is 2.34. The van der Waals surface area contributed by atoms with Crippen LogP contribution in [-0.2, 0) is 6.18 Å². The number of nitrogens with one attached hydrogen (secondary N) is 1. The van der Waals surface area contributed by atoms with E-state index in [0.717, 1.165) is 11.6 Å². The van der Waals surface area contributed by atoms with Crippen molar-refractivity contribution in [3.8, 4) is 0 Å². The second kappa shape index (κ2) is 5.07. The summed E-state index contributed by atoms with van der Waals surface area (Å²) in [7, 11) is 0. The van der Waals surface area contributed by atoms with Crippen LogP contribution in [0.4, 0.5) is 30.2 Å². The normalized spacial score (nSPS) is 11.4. The minimum absolute atomic E-state index is 0.194. The van der Waals surface area contributed by atoms with Gasteiger partial charge in [0.05, 0.1) is 16.9 Å². The highest BCUT2D eigenvalue weighted by atomic mass is 19.4. The van der Waals surface area contributed by atoms with Crippen LogP contribution in [0.5, 0.6) is 0 Å². The molecule has 0 saturated heterocycles. The van der Waals surface area contributed by atoms with Gasteiger partial charge in [0.15, 0.2) is 0 Å². The number of aryl methyl sites for hydroxylation is 2. The molecule has 0 amide bonds. The number of benzene rings is 2. The van der Waals surface area contributed by atoms with E-state index in [1.165, 1.54) is 13.0 Å². The van der Waals surface area contributed by atoms with Gasteiger partial charge in [0.1, 0.15) is 0 Å². The molecule has 20 heavy (non-hydrogen) atoms. The molecule has 0 atom stereocenters. The molecule has 0 aliphatic carbocycles. The largest absolute Gasteiger partial charge is 0.416 e.